The van der Waals surface area contributed by atoms with Crippen LogP contribution in [0.15, 0.2) is 97.7 Å². The second-order valence-corrected chi connectivity index (χ2v) is 7.24. The molecule has 2 aromatic carbocycles. The van der Waals surface area contributed by atoms with Crippen LogP contribution in [0, 0.1) is 0 Å². The number of fused-ring (bicyclic) bond motifs is 1. The monoisotopic (exact) mass is 434 g/mol. The van der Waals surface area contributed by atoms with Gasteiger partial charge in [-0.1, -0.05) is 18.2 Å². The van der Waals surface area contributed by atoms with Crippen LogP contribution < -0.4 is 10.6 Å². The Bertz CT molecular complexity index is 1450. The number of aromatic nitrogens is 4. The Morgan fingerprint density at radius 3 is 2.36 bits per heavy atom. The number of carbonyl (C=O) groups is 2. The maximum absolute atomic E-state index is 12.7. The highest BCUT2D eigenvalue weighted by molar-refractivity contribution is 6.07. The molecule has 2 N–H and O–H groups in total. The van der Waals surface area contributed by atoms with E-state index in [-0.39, 0.29) is 11.8 Å². The van der Waals surface area contributed by atoms with Crippen molar-refractivity contribution >= 4 is 34.2 Å². The molecule has 0 atom stereocenters. The van der Waals surface area contributed by atoms with Gasteiger partial charge in [0.2, 0.25) is 0 Å². The van der Waals surface area contributed by atoms with Crippen LogP contribution in [-0.2, 0) is 0 Å². The predicted octanol–water partition coefficient (Wildman–Crippen LogP) is 4.32. The molecule has 0 saturated carbocycles. The zero-order valence-corrected chi connectivity index (χ0v) is 17.3. The molecule has 2 amide bonds. The van der Waals surface area contributed by atoms with Gasteiger partial charge >= 0.3 is 0 Å². The number of nitrogens with zero attached hydrogens (tertiary/aromatic N) is 4. The van der Waals surface area contributed by atoms with E-state index in [1.54, 1.807) is 61.2 Å². The molecule has 3 heterocycles. The molecule has 33 heavy (non-hydrogen) atoms. The Kier molecular flexibility index (Phi) is 5.30. The largest absolute Gasteiger partial charge is 0.322 e. The Balaban J connectivity index is 1.29. The molecule has 0 unspecified atom stereocenters. The second kappa shape index (κ2) is 8.72. The number of carbonyl (C=O) groups excluding carboxylic acids is 2. The molecule has 0 aliphatic carbocycles. The highest BCUT2D eigenvalue weighted by Crippen LogP contribution is 2.18. The van der Waals surface area contributed by atoms with Gasteiger partial charge in [-0.25, -0.2) is 9.97 Å². The molecule has 0 aliphatic heterocycles. The van der Waals surface area contributed by atoms with Crippen molar-refractivity contribution in [2.45, 2.75) is 0 Å². The fourth-order valence-corrected chi connectivity index (χ4v) is 3.39. The molecular weight excluding hydrogens is 416 g/mol. The van der Waals surface area contributed by atoms with E-state index in [0.29, 0.717) is 28.3 Å². The highest BCUT2D eigenvalue weighted by atomic mass is 16.2. The second-order valence-electron chi connectivity index (χ2n) is 7.24. The van der Waals surface area contributed by atoms with Crippen molar-refractivity contribution in [2.24, 2.45) is 0 Å². The standard InChI is InChI=1S/C25H18N6O2/c32-24(17-5-3-7-19(13-17)29-25(33)18-6-4-12-26-14-18)30-20-10-11-23(27-15-20)31-16-28-21-8-1-2-9-22(21)31/h1-16H,(H,29,33)(H,30,32). The number of benzene rings is 2. The number of anilines is 2. The third-order valence-electron chi connectivity index (χ3n) is 5.01. The number of imidazole rings is 1. The minimum absolute atomic E-state index is 0.299. The van der Waals surface area contributed by atoms with Crippen LogP contribution in [0.2, 0.25) is 0 Å². The van der Waals surface area contributed by atoms with E-state index in [9.17, 15) is 9.59 Å². The first-order valence-electron chi connectivity index (χ1n) is 10.2. The van der Waals surface area contributed by atoms with E-state index in [1.165, 1.54) is 6.20 Å². The Hall–Kier alpha value is -4.85. The molecule has 0 saturated heterocycles. The van der Waals surface area contributed by atoms with Gasteiger partial charge in [0.25, 0.3) is 11.8 Å². The summed E-state index contributed by atoms with van der Waals surface area (Å²) in [5, 5.41) is 5.61. The summed E-state index contributed by atoms with van der Waals surface area (Å²) in [6, 6.07) is 21.5. The van der Waals surface area contributed by atoms with Gasteiger partial charge in [-0.05, 0) is 54.6 Å². The lowest BCUT2D eigenvalue weighted by Gasteiger charge is -2.09. The number of para-hydroxylation sites is 2. The van der Waals surface area contributed by atoms with Gasteiger partial charge in [-0.3, -0.25) is 19.1 Å². The molecule has 8 nitrogen and oxygen atoms in total. The zero-order chi connectivity index (χ0) is 22.6. The lowest BCUT2D eigenvalue weighted by Crippen LogP contribution is -2.15. The van der Waals surface area contributed by atoms with E-state index in [1.807, 2.05) is 34.9 Å². The van der Waals surface area contributed by atoms with Crippen LogP contribution in [0.3, 0.4) is 0 Å². The Labute approximate surface area is 189 Å². The highest BCUT2D eigenvalue weighted by Gasteiger charge is 2.11. The number of rotatable bonds is 5. The van der Waals surface area contributed by atoms with Crippen molar-refractivity contribution < 1.29 is 9.59 Å². The van der Waals surface area contributed by atoms with Crippen molar-refractivity contribution in [3.05, 3.63) is 109 Å². The molecule has 0 radical (unpaired) electrons. The fourth-order valence-electron chi connectivity index (χ4n) is 3.39. The summed E-state index contributed by atoms with van der Waals surface area (Å²) in [5.41, 5.74) is 3.74. The number of hydrogen-bond donors (Lipinski definition) is 2. The minimum Gasteiger partial charge on any atom is -0.322 e. The summed E-state index contributed by atoms with van der Waals surface area (Å²) in [7, 11) is 0. The molecule has 160 valence electrons. The van der Waals surface area contributed by atoms with Crippen molar-refractivity contribution in [1.29, 1.82) is 0 Å². The minimum atomic E-state index is -0.310. The molecular formula is C25H18N6O2. The van der Waals surface area contributed by atoms with E-state index >= 15 is 0 Å². The maximum atomic E-state index is 12.7. The number of pyridine rings is 2. The smallest absolute Gasteiger partial charge is 0.257 e. The SMILES string of the molecule is O=C(Nc1cccc(C(=O)Nc2ccc(-n3cnc4ccccc43)nc2)c1)c1cccnc1. The average molecular weight is 434 g/mol. The first-order chi connectivity index (χ1) is 16.2. The van der Waals surface area contributed by atoms with Crippen LogP contribution in [-0.4, -0.2) is 31.3 Å². The van der Waals surface area contributed by atoms with Crippen LogP contribution >= 0.6 is 0 Å². The first-order valence-corrected chi connectivity index (χ1v) is 10.2. The van der Waals surface area contributed by atoms with Crippen molar-refractivity contribution in [2.75, 3.05) is 10.6 Å². The van der Waals surface area contributed by atoms with Crippen LogP contribution in [0.1, 0.15) is 20.7 Å². The van der Waals surface area contributed by atoms with E-state index in [0.717, 1.165) is 11.0 Å². The fraction of sp³-hybridized carbons (Fsp3) is 0. The quantitative estimate of drug-likeness (QED) is 0.429. The topological polar surface area (TPSA) is 102 Å². The maximum Gasteiger partial charge on any atom is 0.257 e. The molecule has 8 heteroatoms. The predicted molar refractivity (Wildman–Crippen MR) is 125 cm³/mol. The summed E-state index contributed by atoms with van der Waals surface area (Å²) in [5.74, 6) is 0.0874. The third kappa shape index (κ3) is 4.31. The number of hydrogen-bond acceptors (Lipinski definition) is 5. The summed E-state index contributed by atoms with van der Waals surface area (Å²) < 4.78 is 1.88. The molecule has 0 spiro atoms. The van der Waals surface area contributed by atoms with Crippen LogP contribution in [0.5, 0.6) is 0 Å². The van der Waals surface area contributed by atoms with Gasteiger partial charge in [0, 0.05) is 23.6 Å². The van der Waals surface area contributed by atoms with Gasteiger partial charge in [0.1, 0.15) is 12.1 Å². The van der Waals surface area contributed by atoms with Gasteiger partial charge in [0.15, 0.2) is 0 Å². The summed E-state index contributed by atoms with van der Waals surface area (Å²) in [6.07, 6.45) is 6.39. The van der Waals surface area contributed by atoms with Gasteiger partial charge in [0.05, 0.1) is 28.5 Å². The summed E-state index contributed by atoms with van der Waals surface area (Å²) >= 11 is 0. The van der Waals surface area contributed by atoms with Gasteiger partial charge in [-0.2, -0.15) is 0 Å². The van der Waals surface area contributed by atoms with E-state index in [2.05, 4.69) is 25.6 Å². The molecule has 3 aromatic heterocycles. The summed E-state index contributed by atoms with van der Waals surface area (Å²) in [6.45, 7) is 0. The Morgan fingerprint density at radius 2 is 1.55 bits per heavy atom. The van der Waals surface area contributed by atoms with Crippen molar-refractivity contribution in [3.8, 4) is 5.82 Å². The normalized spacial score (nSPS) is 10.7. The molecule has 0 bridgehead atoms. The third-order valence-corrected chi connectivity index (χ3v) is 5.01. The van der Waals surface area contributed by atoms with Gasteiger partial charge in [-0.15, -0.1) is 0 Å². The van der Waals surface area contributed by atoms with E-state index in [4.69, 9.17) is 0 Å². The molecule has 0 aliphatic rings. The van der Waals surface area contributed by atoms with Crippen molar-refractivity contribution in [1.82, 2.24) is 19.5 Å². The molecule has 5 aromatic rings. The van der Waals surface area contributed by atoms with Gasteiger partial charge < -0.3 is 10.6 Å². The van der Waals surface area contributed by atoms with Crippen molar-refractivity contribution in [3.63, 3.8) is 0 Å². The number of amides is 2. The Morgan fingerprint density at radius 1 is 0.727 bits per heavy atom. The molecule has 0 fully saturated rings. The molecule has 5 rings (SSSR count). The van der Waals surface area contributed by atoms with Crippen LogP contribution in [0.4, 0.5) is 11.4 Å². The lowest BCUT2D eigenvalue weighted by atomic mass is 10.1. The zero-order valence-electron chi connectivity index (χ0n) is 17.3. The van der Waals surface area contributed by atoms with Crippen LogP contribution in [0.25, 0.3) is 16.9 Å². The summed E-state index contributed by atoms with van der Waals surface area (Å²) in [4.78, 5) is 37.8. The lowest BCUT2D eigenvalue weighted by molar-refractivity contribution is 0.101. The van der Waals surface area contributed by atoms with E-state index < -0.39 is 0 Å². The average Bonchev–Trinajstić information content (AvgIpc) is 3.29. The first kappa shape index (κ1) is 20.1. The number of nitrogens with one attached hydrogen (secondary N) is 2.